The number of anilines is 1. The van der Waals surface area contributed by atoms with E-state index < -0.39 is 0 Å². The van der Waals surface area contributed by atoms with Crippen LogP contribution < -0.4 is 10.2 Å². The molecular formula is C14H24N2. The summed E-state index contributed by atoms with van der Waals surface area (Å²) in [5.74, 6) is 0. The average molecular weight is 220 g/mol. The monoisotopic (exact) mass is 220 g/mol. The summed E-state index contributed by atoms with van der Waals surface area (Å²) in [6.07, 6.45) is 1.18. The van der Waals surface area contributed by atoms with Crippen molar-refractivity contribution in [2.45, 2.75) is 39.8 Å². The SMILES string of the molecule is CCCNCc1ccccc1N(C)C(C)C. The minimum Gasteiger partial charge on any atom is -0.372 e. The van der Waals surface area contributed by atoms with E-state index in [0.717, 1.165) is 13.1 Å². The maximum absolute atomic E-state index is 3.46. The molecule has 0 aliphatic carbocycles. The zero-order chi connectivity index (χ0) is 12.0. The molecule has 0 saturated heterocycles. The van der Waals surface area contributed by atoms with Gasteiger partial charge in [0.2, 0.25) is 0 Å². The van der Waals surface area contributed by atoms with Gasteiger partial charge in [0, 0.05) is 25.3 Å². The molecule has 0 aliphatic heterocycles. The highest BCUT2D eigenvalue weighted by molar-refractivity contribution is 5.53. The first kappa shape index (κ1) is 13.0. The average Bonchev–Trinajstić information content (AvgIpc) is 2.29. The number of rotatable bonds is 6. The number of benzene rings is 1. The molecule has 1 aromatic rings. The molecule has 0 atom stereocenters. The van der Waals surface area contributed by atoms with Crippen LogP contribution in [0.25, 0.3) is 0 Å². The van der Waals surface area contributed by atoms with E-state index in [1.165, 1.54) is 17.7 Å². The molecule has 0 spiro atoms. The van der Waals surface area contributed by atoms with E-state index in [1.807, 2.05) is 0 Å². The van der Waals surface area contributed by atoms with Gasteiger partial charge in [0.05, 0.1) is 0 Å². The zero-order valence-corrected chi connectivity index (χ0v) is 11.0. The molecule has 0 bridgehead atoms. The zero-order valence-electron chi connectivity index (χ0n) is 11.0. The van der Waals surface area contributed by atoms with Crippen molar-refractivity contribution in [2.75, 3.05) is 18.5 Å². The summed E-state index contributed by atoms with van der Waals surface area (Å²) >= 11 is 0. The van der Waals surface area contributed by atoms with Crippen LogP contribution in [0.2, 0.25) is 0 Å². The van der Waals surface area contributed by atoms with E-state index in [0.29, 0.717) is 6.04 Å². The summed E-state index contributed by atoms with van der Waals surface area (Å²) in [6.45, 7) is 8.67. The lowest BCUT2D eigenvalue weighted by Crippen LogP contribution is -2.27. The molecule has 2 heteroatoms. The third-order valence-corrected chi connectivity index (χ3v) is 2.89. The molecule has 0 aromatic heterocycles. The van der Waals surface area contributed by atoms with Gasteiger partial charge in [0.1, 0.15) is 0 Å². The van der Waals surface area contributed by atoms with E-state index >= 15 is 0 Å². The molecule has 1 aromatic carbocycles. The highest BCUT2D eigenvalue weighted by Gasteiger charge is 2.08. The molecule has 90 valence electrons. The van der Waals surface area contributed by atoms with Gasteiger partial charge in [-0.3, -0.25) is 0 Å². The predicted molar refractivity (Wildman–Crippen MR) is 72.0 cm³/mol. The maximum atomic E-state index is 3.46. The fourth-order valence-electron chi connectivity index (χ4n) is 1.68. The molecule has 0 radical (unpaired) electrons. The second-order valence-corrected chi connectivity index (χ2v) is 4.51. The standard InChI is InChI=1S/C14H24N2/c1-5-10-15-11-13-8-6-7-9-14(13)16(4)12(2)3/h6-9,12,15H,5,10-11H2,1-4H3. The third kappa shape index (κ3) is 3.53. The van der Waals surface area contributed by atoms with Crippen molar-refractivity contribution in [3.63, 3.8) is 0 Å². The lowest BCUT2D eigenvalue weighted by Gasteiger charge is -2.26. The normalized spacial score (nSPS) is 10.8. The van der Waals surface area contributed by atoms with Crippen molar-refractivity contribution >= 4 is 5.69 Å². The van der Waals surface area contributed by atoms with Crippen LogP contribution in [-0.4, -0.2) is 19.6 Å². The van der Waals surface area contributed by atoms with Crippen LogP contribution in [0.1, 0.15) is 32.8 Å². The second-order valence-electron chi connectivity index (χ2n) is 4.51. The molecular weight excluding hydrogens is 196 g/mol. The van der Waals surface area contributed by atoms with E-state index in [-0.39, 0.29) is 0 Å². The number of nitrogens with one attached hydrogen (secondary N) is 1. The minimum atomic E-state index is 0.535. The minimum absolute atomic E-state index is 0.535. The molecule has 2 nitrogen and oxygen atoms in total. The number of hydrogen-bond acceptors (Lipinski definition) is 2. The van der Waals surface area contributed by atoms with Crippen LogP contribution in [0.5, 0.6) is 0 Å². The van der Waals surface area contributed by atoms with E-state index in [4.69, 9.17) is 0 Å². The van der Waals surface area contributed by atoms with Gasteiger partial charge in [-0.05, 0) is 38.4 Å². The third-order valence-electron chi connectivity index (χ3n) is 2.89. The molecule has 0 heterocycles. The Morgan fingerprint density at radius 3 is 2.56 bits per heavy atom. The lowest BCUT2D eigenvalue weighted by molar-refractivity contribution is 0.669. The second kappa shape index (κ2) is 6.54. The Morgan fingerprint density at radius 1 is 1.25 bits per heavy atom. The number of para-hydroxylation sites is 1. The summed E-state index contributed by atoms with van der Waals surface area (Å²) < 4.78 is 0. The Labute approximate surface area is 99.7 Å². The first-order chi connectivity index (χ1) is 7.66. The fraction of sp³-hybridized carbons (Fsp3) is 0.571. The van der Waals surface area contributed by atoms with Gasteiger partial charge in [-0.1, -0.05) is 25.1 Å². The van der Waals surface area contributed by atoms with Crippen LogP contribution in [0.4, 0.5) is 5.69 Å². The Bertz CT molecular complexity index is 307. The fourth-order valence-corrected chi connectivity index (χ4v) is 1.68. The van der Waals surface area contributed by atoms with E-state index in [2.05, 4.69) is 62.3 Å². The molecule has 1 rings (SSSR count). The van der Waals surface area contributed by atoms with Gasteiger partial charge in [0.25, 0.3) is 0 Å². The van der Waals surface area contributed by atoms with Crippen molar-refractivity contribution in [2.24, 2.45) is 0 Å². The highest BCUT2D eigenvalue weighted by Crippen LogP contribution is 2.20. The van der Waals surface area contributed by atoms with Crippen LogP contribution in [0.15, 0.2) is 24.3 Å². The van der Waals surface area contributed by atoms with Gasteiger partial charge in [-0.15, -0.1) is 0 Å². The highest BCUT2D eigenvalue weighted by atomic mass is 15.1. The molecule has 0 amide bonds. The Morgan fingerprint density at radius 2 is 1.94 bits per heavy atom. The Hall–Kier alpha value is -1.02. The van der Waals surface area contributed by atoms with Crippen molar-refractivity contribution in [1.82, 2.24) is 5.32 Å². The van der Waals surface area contributed by atoms with E-state index in [9.17, 15) is 0 Å². The summed E-state index contributed by atoms with van der Waals surface area (Å²) in [5.41, 5.74) is 2.72. The number of nitrogens with zero attached hydrogens (tertiary/aromatic N) is 1. The molecule has 1 N–H and O–H groups in total. The molecule has 0 saturated carbocycles. The quantitative estimate of drug-likeness (QED) is 0.741. The molecule has 16 heavy (non-hydrogen) atoms. The van der Waals surface area contributed by atoms with E-state index in [1.54, 1.807) is 0 Å². The van der Waals surface area contributed by atoms with Crippen molar-refractivity contribution in [1.29, 1.82) is 0 Å². The molecule has 0 fully saturated rings. The van der Waals surface area contributed by atoms with Gasteiger partial charge in [0.15, 0.2) is 0 Å². The largest absolute Gasteiger partial charge is 0.372 e. The first-order valence-electron chi connectivity index (χ1n) is 6.18. The topological polar surface area (TPSA) is 15.3 Å². The number of hydrogen-bond donors (Lipinski definition) is 1. The first-order valence-corrected chi connectivity index (χ1v) is 6.18. The van der Waals surface area contributed by atoms with Gasteiger partial charge >= 0.3 is 0 Å². The van der Waals surface area contributed by atoms with Gasteiger partial charge in [-0.2, -0.15) is 0 Å². The Balaban J connectivity index is 2.75. The molecule has 0 unspecified atom stereocenters. The smallest absolute Gasteiger partial charge is 0.0411 e. The summed E-state index contributed by atoms with van der Waals surface area (Å²) in [5, 5.41) is 3.46. The van der Waals surface area contributed by atoms with Crippen molar-refractivity contribution in [3.05, 3.63) is 29.8 Å². The van der Waals surface area contributed by atoms with Crippen LogP contribution in [0, 0.1) is 0 Å². The van der Waals surface area contributed by atoms with Crippen LogP contribution in [0.3, 0.4) is 0 Å². The molecule has 0 aliphatic rings. The van der Waals surface area contributed by atoms with Gasteiger partial charge < -0.3 is 10.2 Å². The predicted octanol–water partition coefficient (Wildman–Crippen LogP) is 3.03. The van der Waals surface area contributed by atoms with Gasteiger partial charge in [-0.25, -0.2) is 0 Å². The van der Waals surface area contributed by atoms with Crippen LogP contribution in [-0.2, 0) is 6.54 Å². The summed E-state index contributed by atoms with van der Waals surface area (Å²) in [7, 11) is 2.16. The van der Waals surface area contributed by atoms with Crippen LogP contribution >= 0.6 is 0 Å². The maximum Gasteiger partial charge on any atom is 0.0411 e. The lowest BCUT2D eigenvalue weighted by atomic mass is 10.1. The van der Waals surface area contributed by atoms with Crippen molar-refractivity contribution < 1.29 is 0 Å². The Kier molecular flexibility index (Phi) is 5.33. The summed E-state index contributed by atoms with van der Waals surface area (Å²) in [6, 6.07) is 9.16. The van der Waals surface area contributed by atoms with Crippen molar-refractivity contribution in [3.8, 4) is 0 Å². The summed E-state index contributed by atoms with van der Waals surface area (Å²) in [4.78, 5) is 2.32.